The van der Waals surface area contributed by atoms with Gasteiger partial charge in [-0.25, -0.2) is 0 Å². The minimum atomic E-state index is -0.356. The van der Waals surface area contributed by atoms with Crippen molar-refractivity contribution in [1.29, 1.82) is 0 Å². The third-order valence-electron chi connectivity index (χ3n) is 2.36. The van der Waals surface area contributed by atoms with E-state index in [1.165, 1.54) is 5.75 Å². The first-order valence-corrected chi connectivity index (χ1v) is 5.96. The van der Waals surface area contributed by atoms with Gasteiger partial charge >= 0.3 is 0 Å². The fourth-order valence-electron chi connectivity index (χ4n) is 1.62. The summed E-state index contributed by atoms with van der Waals surface area (Å²) >= 11 is 1.92. The zero-order chi connectivity index (χ0) is 9.84. The van der Waals surface area contributed by atoms with Gasteiger partial charge in [0.1, 0.15) is 0 Å². The highest BCUT2D eigenvalue weighted by molar-refractivity contribution is 7.99. The van der Waals surface area contributed by atoms with Crippen molar-refractivity contribution in [3.05, 3.63) is 0 Å². The van der Waals surface area contributed by atoms with Crippen LogP contribution in [0.15, 0.2) is 0 Å². The molecule has 3 nitrogen and oxygen atoms in total. The van der Waals surface area contributed by atoms with Crippen molar-refractivity contribution in [2.75, 3.05) is 18.1 Å². The summed E-state index contributed by atoms with van der Waals surface area (Å²) in [5, 5.41) is 0. The Kier molecular flexibility index (Phi) is 4.06. The molecular formula is C9H18N2OS. The van der Waals surface area contributed by atoms with Crippen LogP contribution in [0.1, 0.15) is 20.3 Å². The van der Waals surface area contributed by atoms with Crippen LogP contribution in [0.4, 0.5) is 0 Å². The molecule has 0 unspecified atom stereocenters. The number of carbonyl (C=O) groups is 1. The van der Waals surface area contributed by atoms with Crippen LogP contribution in [0.25, 0.3) is 0 Å². The number of rotatable bonds is 3. The predicted molar refractivity (Wildman–Crippen MR) is 56.8 cm³/mol. The number of nitrogens with zero attached hydrogens (tertiary/aromatic N) is 1. The highest BCUT2D eigenvalue weighted by atomic mass is 32.2. The van der Waals surface area contributed by atoms with Crippen LogP contribution in [0.2, 0.25) is 0 Å². The molecule has 0 radical (unpaired) electrons. The molecule has 0 aromatic rings. The summed E-state index contributed by atoms with van der Waals surface area (Å²) in [6.07, 6.45) is 1.12. The van der Waals surface area contributed by atoms with E-state index in [9.17, 15) is 4.79 Å². The van der Waals surface area contributed by atoms with Gasteiger partial charge in [0.05, 0.1) is 6.04 Å². The first-order chi connectivity index (χ1) is 6.16. The van der Waals surface area contributed by atoms with E-state index in [0.29, 0.717) is 6.04 Å². The van der Waals surface area contributed by atoms with Gasteiger partial charge in [-0.3, -0.25) is 4.79 Å². The van der Waals surface area contributed by atoms with E-state index in [4.69, 9.17) is 5.73 Å². The molecule has 0 saturated carbocycles. The van der Waals surface area contributed by atoms with Crippen molar-refractivity contribution >= 4 is 17.7 Å². The average molecular weight is 202 g/mol. The van der Waals surface area contributed by atoms with Crippen LogP contribution in [0.3, 0.4) is 0 Å². The Bertz CT molecular complexity index is 178. The lowest BCUT2D eigenvalue weighted by atomic mass is 10.2. The van der Waals surface area contributed by atoms with Gasteiger partial charge < -0.3 is 10.6 Å². The number of hydrogen-bond donors (Lipinski definition) is 1. The number of nitrogens with two attached hydrogens (primary N) is 1. The highest BCUT2D eigenvalue weighted by Gasteiger charge is 2.26. The van der Waals surface area contributed by atoms with Gasteiger partial charge in [-0.1, -0.05) is 0 Å². The second kappa shape index (κ2) is 4.86. The smallest absolute Gasteiger partial charge is 0.239 e. The molecule has 0 spiro atoms. The van der Waals surface area contributed by atoms with Crippen LogP contribution in [-0.4, -0.2) is 40.9 Å². The third-order valence-corrected chi connectivity index (χ3v) is 3.50. The van der Waals surface area contributed by atoms with Crippen LogP contribution in [0.5, 0.6) is 0 Å². The van der Waals surface area contributed by atoms with E-state index in [1.807, 2.05) is 23.6 Å². The summed E-state index contributed by atoms with van der Waals surface area (Å²) in [6, 6.07) is 0.0686. The van der Waals surface area contributed by atoms with Crippen molar-refractivity contribution < 1.29 is 4.79 Å². The minimum Gasteiger partial charge on any atom is -0.338 e. The molecule has 76 valence electrons. The summed E-state index contributed by atoms with van der Waals surface area (Å²) in [4.78, 5) is 13.6. The van der Waals surface area contributed by atoms with Crippen LogP contribution in [0, 0.1) is 0 Å². The molecule has 2 N–H and O–H groups in total. The molecule has 2 atom stereocenters. The lowest BCUT2D eigenvalue weighted by molar-refractivity contribution is -0.133. The fraction of sp³-hybridized carbons (Fsp3) is 0.889. The van der Waals surface area contributed by atoms with Crippen molar-refractivity contribution in [1.82, 2.24) is 4.90 Å². The van der Waals surface area contributed by atoms with Gasteiger partial charge in [0.2, 0.25) is 5.91 Å². The van der Waals surface area contributed by atoms with Crippen molar-refractivity contribution in [2.24, 2.45) is 5.73 Å². The van der Waals surface area contributed by atoms with Crippen molar-refractivity contribution in [3.63, 3.8) is 0 Å². The van der Waals surface area contributed by atoms with Crippen molar-refractivity contribution in [3.8, 4) is 0 Å². The molecular weight excluding hydrogens is 184 g/mol. The largest absolute Gasteiger partial charge is 0.338 e. The Balaban J connectivity index is 2.55. The number of likely N-dealkylation sites (N-methyl/N-ethyl adjacent to an activating group) is 1. The molecule has 1 fully saturated rings. The second-order valence-corrected chi connectivity index (χ2v) is 4.58. The third kappa shape index (κ3) is 2.61. The molecule has 1 saturated heterocycles. The maximum absolute atomic E-state index is 11.7. The fourth-order valence-corrected chi connectivity index (χ4v) is 2.85. The molecule has 1 rings (SSSR count). The molecule has 0 bridgehead atoms. The maximum Gasteiger partial charge on any atom is 0.239 e. The average Bonchev–Trinajstić information content (AvgIpc) is 2.58. The first kappa shape index (κ1) is 10.9. The Morgan fingerprint density at radius 1 is 1.77 bits per heavy atom. The lowest BCUT2D eigenvalue weighted by Crippen LogP contribution is -2.47. The van der Waals surface area contributed by atoms with E-state index in [0.717, 1.165) is 18.7 Å². The Morgan fingerprint density at radius 2 is 2.46 bits per heavy atom. The molecule has 0 aliphatic carbocycles. The van der Waals surface area contributed by atoms with E-state index < -0.39 is 0 Å². The summed E-state index contributed by atoms with van der Waals surface area (Å²) in [5.74, 6) is 2.34. The molecule has 13 heavy (non-hydrogen) atoms. The zero-order valence-corrected chi connectivity index (χ0v) is 9.14. The van der Waals surface area contributed by atoms with Gasteiger partial charge in [0, 0.05) is 18.3 Å². The number of hydrogen-bond acceptors (Lipinski definition) is 3. The van der Waals surface area contributed by atoms with Crippen LogP contribution < -0.4 is 5.73 Å². The van der Waals surface area contributed by atoms with Gasteiger partial charge in [0.25, 0.3) is 0 Å². The van der Waals surface area contributed by atoms with Gasteiger partial charge in [-0.2, -0.15) is 11.8 Å². The molecule has 4 heteroatoms. The zero-order valence-electron chi connectivity index (χ0n) is 8.32. The first-order valence-electron chi connectivity index (χ1n) is 4.80. The standard InChI is InChI=1S/C9H18N2OS/c1-3-11(9(12)7(2)10)8-4-5-13-6-8/h7-8H,3-6,10H2,1-2H3/t7-,8-/m0/s1. The van der Waals surface area contributed by atoms with E-state index >= 15 is 0 Å². The second-order valence-electron chi connectivity index (χ2n) is 3.43. The number of carbonyl (C=O) groups excluding carboxylic acids is 1. The van der Waals surface area contributed by atoms with Crippen LogP contribution >= 0.6 is 11.8 Å². The SMILES string of the molecule is CCN(C(=O)[C@H](C)N)[C@H]1CCSC1. The van der Waals surface area contributed by atoms with Gasteiger partial charge in [0.15, 0.2) is 0 Å². The maximum atomic E-state index is 11.7. The number of amides is 1. The van der Waals surface area contributed by atoms with E-state index in [1.54, 1.807) is 6.92 Å². The Labute approximate surface area is 84.0 Å². The van der Waals surface area contributed by atoms with Gasteiger partial charge in [-0.05, 0) is 26.0 Å². The molecule has 1 aliphatic rings. The summed E-state index contributed by atoms with van der Waals surface area (Å²) in [6.45, 7) is 4.56. The van der Waals surface area contributed by atoms with Gasteiger partial charge in [-0.15, -0.1) is 0 Å². The predicted octanol–water partition coefficient (Wildman–Crippen LogP) is 0.688. The van der Waals surface area contributed by atoms with E-state index in [2.05, 4.69) is 0 Å². The molecule has 1 heterocycles. The monoisotopic (exact) mass is 202 g/mol. The molecule has 0 aromatic carbocycles. The lowest BCUT2D eigenvalue weighted by Gasteiger charge is -2.28. The molecule has 0 aromatic heterocycles. The summed E-state index contributed by atoms with van der Waals surface area (Å²) < 4.78 is 0. The normalized spacial score (nSPS) is 24.4. The quantitative estimate of drug-likeness (QED) is 0.732. The molecule has 1 amide bonds. The molecule has 1 aliphatic heterocycles. The Morgan fingerprint density at radius 3 is 2.85 bits per heavy atom. The van der Waals surface area contributed by atoms with Crippen LogP contribution in [-0.2, 0) is 4.79 Å². The topological polar surface area (TPSA) is 46.3 Å². The number of thioether (sulfide) groups is 1. The summed E-state index contributed by atoms with van der Waals surface area (Å²) in [7, 11) is 0. The summed E-state index contributed by atoms with van der Waals surface area (Å²) in [5.41, 5.74) is 5.58. The Hall–Kier alpha value is -0.220. The van der Waals surface area contributed by atoms with E-state index in [-0.39, 0.29) is 11.9 Å². The minimum absolute atomic E-state index is 0.0926. The van der Waals surface area contributed by atoms with Crippen molar-refractivity contribution in [2.45, 2.75) is 32.4 Å². The highest BCUT2D eigenvalue weighted by Crippen LogP contribution is 2.22.